The van der Waals surface area contributed by atoms with Gasteiger partial charge in [-0.2, -0.15) is 0 Å². The fourth-order valence-electron chi connectivity index (χ4n) is 3.60. The van der Waals surface area contributed by atoms with E-state index < -0.39 is 6.04 Å². The van der Waals surface area contributed by atoms with Gasteiger partial charge < -0.3 is 9.64 Å². The van der Waals surface area contributed by atoms with E-state index in [2.05, 4.69) is 0 Å². The molecule has 1 unspecified atom stereocenters. The van der Waals surface area contributed by atoms with Crippen LogP contribution in [0.2, 0.25) is 10.0 Å². The fraction of sp³-hybridized carbons (Fsp3) is 0.375. The third-order valence-corrected chi connectivity index (χ3v) is 5.65. The number of hydrogen-bond donors (Lipinski definition) is 0. The molecule has 170 valence electrons. The van der Waals surface area contributed by atoms with Crippen molar-refractivity contribution in [1.29, 1.82) is 0 Å². The van der Waals surface area contributed by atoms with E-state index in [0.717, 1.165) is 0 Å². The number of nitrogens with zero attached hydrogens (tertiary/aromatic N) is 3. The van der Waals surface area contributed by atoms with Crippen LogP contribution in [-0.4, -0.2) is 33.5 Å². The van der Waals surface area contributed by atoms with Crippen molar-refractivity contribution >= 4 is 40.0 Å². The van der Waals surface area contributed by atoms with Crippen molar-refractivity contribution in [3.8, 4) is 5.75 Å². The molecule has 0 fully saturated rings. The highest BCUT2D eigenvalue weighted by Crippen LogP contribution is 2.23. The quantitative estimate of drug-likeness (QED) is 0.440. The van der Waals surface area contributed by atoms with Crippen molar-refractivity contribution < 1.29 is 9.53 Å². The topological polar surface area (TPSA) is 64.4 Å². The molecule has 8 heteroatoms. The zero-order valence-electron chi connectivity index (χ0n) is 18.6. The molecule has 32 heavy (non-hydrogen) atoms. The Hall–Kier alpha value is -2.57. The molecule has 1 aromatic heterocycles. The van der Waals surface area contributed by atoms with E-state index in [1.54, 1.807) is 51.9 Å². The summed E-state index contributed by atoms with van der Waals surface area (Å²) in [6.07, 6.45) is 0. The first-order valence-corrected chi connectivity index (χ1v) is 11.3. The second-order valence-corrected chi connectivity index (χ2v) is 8.91. The molecule has 0 aliphatic rings. The minimum Gasteiger partial charge on any atom is -0.484 e. The van der Waals surface area contributed by atoms with Crippen LogP contribution < -0.4 is 10.3 Å². The van der Waals surface area contributed by atoms with E-state index in [9.17, 15) is 9.59 Å². The fourth-order valence-corrected chi connectivity index (χ4v) is 3.90. The van der Waals surface area contributed by atoms with Crippen molar-refractivity contribution in [3.05, 3.63) is 68.7 Å². The lowest BCUT2D eigenvalue weighted by atomic mass is 10.1. The third-order valence-electron chi connectivity index (χ3n) is 5.16. The second kappa shape index (κ2) is 10.4. The molecular formula is C24H27Cl2N3O3. The van der Waals surface area contributed by atoms with Crippen LogP contribution >= 0.6 is 23.2 Å². The minimum atomic E-state index is -0.435. The van der Waals surface area contributed by atoms with Crippen LogP contribution in [0.1, 0.15) is 39.6 Å². The minimum absolute atomic E-state index is 0.130. The van der Waals surface area contributed by atoms with Gasteiger partial charge in [0.2, 0.25) is 0 Å². The van der Waals surface area contributed by atoms with Gasteiger partial charge in [-0.3, -0.25) is 14.2 Å². The number of fused-ring (bicyclic) bond motifs is 1. The Balaban J connectivity index is 1.94. The molecule has 1 amide bonds. The summed E-state index contributed by atoms with van der Waals surface area (Å²) in [4.78, 5) is 32.7. The normalized spacial score (nSPS) is 12.2. The molecule has 0 spiro atoms. The van der Waals surface area contributed by atoms with Gasteiger partial charge in [-0.05, 0) is 62.2 Å². The number of benzene rings is 2. The van der Waals surface area contributed by atoms with E-state index >= 15 is 0 Å². The first-order valence-electron chi connectivity index (χ1n) is 10.6. The van der Waals surface area contributed by atoms with E-state index in [1.165, 1.54) is 0 Å². The van der Waals surface area contributed by atoms with Gasteiger partial charge >= 0.3 is 0 Å². The van der Waals surface area contributed by atoms with Gasteiger partial charge in [0, 0.05) is 23.1 Å². The smallest absolute Gasteiger partial charge is 0.261 e. The standard InChI is InChI=1S/C24H27Cl2N3O3/c1-5-28-23(27-21-12-18(26)8-11-20(21)24(28)31)16(4)29(13-15(2)3)22(30)14-32-19-9-6-17(25)7-10-19/h6-12,15-16H,5,13-14H2,1-4H3. The summed E-state index contributed by atoms with van der Waals surface area (Å²) < 4.78 is 7.29. The lowest BCUT2D eigenvalue weighted by molar-refractivity contribution is -0.136. The van der Waals surface area contributed by atoms with Crippen molar-refractivity contribution in [3.63, 3.8) is 0 Å². The molecule has 1 atom stereocenters. The average molecular weight is 476 g/mol. The molecule has 0 aliphatic carbocycles. The molecule has 0 saturated heterocycles. The molecule has 0 bridgehead atoms. The van der Waals surface area contributed by atoms with Crippen LogP contribution in [0.15, 0.2) is 47.3 Å². The maximum atomic E-state index is 13.2. The summed E-state index contributed by atoms with van der Waals surface area (Å²) in [5, 5.41) is 1.60. The van der Waals surface area contributed by atoms with Crippen molar-refractivity contribution in [2.45, 2.75) is 40.3 Å². The monoisotopic (exact) mass is 475 g/mol. The van der Waals surface area contributed by atoms with Crippen LogP contribution in [0.4, 0.5) is 0 Å². The number of hydrogen-bond acceptors (Lipinski definition) is 4. The summed E-state index contributed by atoms with van der Waals surface area (Å²) in [5.74, 6) is 1.11. The molecule has 3 aromatic rings. The Bertz CT molecular complexity index is 1160. The second-order valence-electron chi connectivity index (χ2n) is 8.04. The number of aromatic nitrogens is 2. The van der Waals surface area contributed by atoms with Gasteiger partial charge in [-0.1, -0.05) is 37.0 Å². The molecule has 1 heterocycles. The van der Waals surface area contributed by atoms with Crippen LogP contribution in [0, 0.1) is 5.92 Å². The number of ether oxygens (including phenoxy) is 1. The van der Waals surface area contributed by atoms with Crippen LogP contribution in [0.5, 0.6) is 5.75 Å². The van der Waals surface area contributed by atoms with Crippen LogP contribution in [0.3, 0.4) is 0 Å². The first kappa shape index (κ1) is 24.1. The SMILES string of the molecule is CCn1c(C(C)N(CC(C)C)C(=O)COc2ccc(Cl)cc2)nc2cc(Cl)ccc2c1=O. The van der Waals surface area contributed by atoms with Crippen molar-refractivity contribution in [2.24, 2.45) is 5.92 Å². The number of carbonyl (C=O) groups is 1. The Kier molecular flexibility index (Phi) is 7.80. The van der Waals surface area contributed by atoms with E-state index in [4.69, 9.17) is 32.9 Å². The van der Waals surface area contributed by atoms with E-state index in [1.807, 2.05) is 27.7 Å². The number of rotatable bonds is 8. The highest BCUT2D eigenvalue weighted by Gasteiger charge is 2.27. The highest BCUT2D eigenvalue weighted by molar-refractivity contribution is 6.31. The zero-order chi connectivity index (χ0) is 23.4. The lowest BCUT2D eigenvalue weighted by Gasteiger charge is -2.31. The van der Waals surface area contributed by atoms with Gasteiger partial charge in [0.05, 0.1) is 16.9 Å². The predicted molar refractivity (Wildman–Crippen MR) is 129 cm³/mol. The number of halogens is 2. The summed E-state index contributed by atoms with van der Waals surface area (Å²) in [6, 6.07) is 11.5. The van der Waals surface area contributed by atoms with Crippen LogP contribution in [0.25, 0.3) is 10.9 Å². The largest absolute Gasteiger partial charge is 0.484 e. The first-order chi connectivity index (χ1) is 15.2. The highest BCUT2D eigenvalue weighted by atomic mass is 35.5. The number of amides is 1. The van der Waals surface area contributed by atoms with Gasteiger partial charge in [0.1, 0.15) is 11.6 Å². The number of carbonyl (C=O) groups excluding carboxylic acids is 1. The molecule has 0 N–H and O–H groups in total. The Morgan fingerprint density at radius 3 is 2.38 bits per heavy atom. The lowest BCUT2D eigenvalue weighted by Crippen LogP contribution is -2.41. The van der Waals surface area contributed by atoms with Gasteiger partial charge in [0.25, 0.3) is 11.5 Å². The average Bonchev–Trinajstić information content (AvgIpc) is 2.76. The molecule has 2 aromatic carbocycles. The van der Waals surface area contributed by atoms with Crippen LogP contribution in [-0.2, 0) is 11.3 Å². The maximum absolute atomic E-state index is 13.2. The van der Waals surface area contributed by atoms with Crippen molar-refractivity contribution in [2.75, 3.05) is 13.2 Å². The Labute approximate surface area is 197 Å². The Morgan fingerprint density at radius 1 is 1.09 bits per heavy atom. The summed E-state index contributed by atoms with van der Waals surface area (Å²) in [7, 11) is 0. The van der Waals surface area contributed by atoms with Gasteiger partial charge in [-0.25, -0.2) is 4.98 Å². The van der Waals surface area contributed by atoms with Crippen molar-refractivity contribution in [1.82, 2.24) is 14.5 Å². The predicted octanol–water partition coefficient (Wildman–Crippen LogP) is 5.35. The van der Waals surface area contributed by atoms with Gasteiger partial charge in [0.15, 0.2) is 6.61 Å². The zero-order valence-corrected chi connectivity index (χ0v) is 20.2. The molecular weight excluding hydrogens is 449 g/mol. The molecule has 0 aliphatic heterocycles. The molecule has 0 radical (unpaired) electrons. The molecule has 3 rings (SSSR count). The summed E-state index contributed by atoms with van der Waals surface area (Å²) >= 11 is 12.0. The third kappa shape index (κ3) is 5.43. The molecule has 6 nitrogen and oxygen atoms in total. The maximum Gasteiger partial charge on any atom is 0.261 e. The summed E-state index contributed by atoms with van der Waals surface area (Å²) in [6.45, 7) is 8.65. The van der Waals surface area contributed by atoms with Gasteiger partial charge in [-0.15, -0.1) is 0 Å². The Morgan fingerprint density at radius 2 is 1.75 bits per heavy atom. The van der Waals surface area contributed by atoms with E-state index in [-0.39, 0.29) is 24.0 Å². The summed E-state index contributed by atoms with van der Waals surface area (Å²) in [5.41, 5.74) is 0.369. The van der Waals surface area contributed by atoms with E-state index in [0.29, 0.717) is 45.6 Å². The molecule has 0 saturated carbocycles.